The summed E-state index contributed by atoms with van der Waals surface area (Å²) < 4.78 is 6.84. The van der Waals surface area contributed by atoms with E-state index >= 15 is 0 Å². The van der Waals surface area contributed by atoms with Crippen LogP contribution in [0.2, 0.25) is 0 Å². The first-order valence-electron chi connectivity index (χ1n) is 9.07. The van der Waals surface area contributed by atoms with Crippen molar-refractivity contribution in [2.24, 2.45) is 16.0 Å². The van der Waals surface area contributed by atoms with Crippen LogP contribution in [0.25, 0.3) is 11.3 Å². The van der Waals surface area contributed by atoms with Crippen LogP contribution in [-0.2, 0) is 0 Å². The number of aromatic nitrogens is 2. The molecule has 0 fully saturated rings. The molecule has 148 valence electrons. The van der Waals surface area contributed by atoms with Gasteiger partial charge in [-0.05, 0) is 48.6 Å². The van der Waals surface area contributed by atoms with Crippen LogP contribution in [-0.4, -0.2) is 14.9 Å². The fraction of sp³-hybridized carbons (Fsp3) is 0. The third kappa shape index (κ3) is 4.18. The maximum Gasteiger partial charge on any atom is 0.301 e. The van der Waals surface area contributed by atoms with Crippen LogP contribution in [0.15, 0.2) is 100.0 Å². The van der Waals surface area contributed by atoms with Crippen molar-refractivity contribution in [3.05, 3.63) is 95.3 Å². The predicted molar refractivity (Wildman–Crippen MR) is 120 cm³/mol. The van der Waals surface area contributed by atoms with E-state index < -0.39 is 5.56 Å². The molecule has 0 radical (unpaired) electrons. The summed E-state index contributed by atoms with van der Waals surface area (Å²) in [5, 5.41) is 11.2. The first-order valence-corrected chi connectivity index (χ1v) is 9.47. The summed E-state index contributed by atoms with van der Waals surface area (Å²) in [5.74, 6) is 1.41. The molecule has 0 spiro atoms. The second kappa shape index (κ2) is 8.54. The van der Waals surface area contributed by atoms with Gasteiger partial charge in [-0.3, -0.25) is 9.89 Å². The van der Waals surface area contributed by atoms with E-state index in [9.17, 15) is 4.79 Å². The Hall–Kier alpha value is -4.04. The number of thiocarbonyl (C=S) groups is 1. The summed E-state index contributed by atoms with van der Waals surface area (Å²) in [7, 11) is 0. The van der Waals surface area contributed by atoms with E-state index in [2.05, 4.69) is 15.3 Å². The van der Waals surface area contributed by atoms with Crippen molar-refractivity contribution < 1.29 is 4.74 Å². The number of rotatable bonds is 5. The first-order chi connectivity index (χ1) is 14.6. The van der Waals surface area contributed by atoms with E-state index in [4.69, 9.17) is 22.7 Å². The Bertz CT molecular complexity index is 1250. The molecule has 3 aromatic carbocycles. The van der Waals surface area contributed by atoms with Gasteiger partial charge in [0.15, 0.2) is 10.8 Å². The number of hydrogen-bond acceptors (Lipinski definition) is 5. The Morgan fingerprint density at radius 1 is 0.867 bits per heavy atom. The van der Waals surface area contributed by atoms with Gasteiger partial charge in [-0.25, -0.2) is 0 Å². The highest BCUT2D eigenvalue weighted by Gasteiger charge is 2.17. The van der Waals surface area contributed by atoms with Crippen molar-refractivity contribution in [3.63, 3.8) is 0 Å². The number of nitrogens with one attached hydrogen (secondary N) is 1. The Kier molecular flexibility index (Phi) is 5.49. The summed E-state index contributed by atoms with van der Waals surface area (Å²) in [6.45, 7) is 0. The highest BCUT2D eigenvalue weighted by molar-refractivity contribution is 7.80. The summed E-state index contributed by atoms with van der Waals surface area (Å²) >= 11 is 4.94. The Morgan fingerprint density at radius 2 is 1.47 bits per heavy atom. The molecular weight excluding hydrogens is 398 g/mol. The fourth-order valence-electron chi connectivity index (χ4n) is 2.80. The van der Waals surface area contributed by atoms with E-state index in [1.165, 1.54) is 0 Å². The molecule has 8 heteroatoms. The number of benzene rings is 3. The minimum Gasteiger partial charge on any atom is -0.457 e. The number of nitrogens with zero attached hydrogens (tertiary/aromatic N) is 3. The molecule has 1 aromatic heterocycles. The van der Waals surface area contributed by atoms with E-state index in [0.717, 1.165) is 16.0 Å². The third-order valence-corrected chi connectivity index (χ3v) is 4.41. The van der Waals surface area contributed by atoms with Crippen molar-refractivity contribution in [2.75, 3.05) is 0 Å². The Balaban J connectivity index is 1.62. The number of H-pyrrole nitrogens is 1. The number of nitrogens with two attached hydrogens (primary N) is 1. The van der Waals surface area contributed by atoms with E-state index in [1.807, 2.05) is 60.7 Å². The van der Waals surface area contributed by atoms with E-state index in [-0.39, 0.29) is 10.8 Å². The second-order valence-corrected chi connectivity index (χ2v) is 6.71. The van der Waals surface area contributed by atoms with Gasteiger partial charge in [0.2, 0.25) is 0 Å². The van der Waals surface area contributed by atoms with Crippen LogP contribution in [0.4, 0.5) is 11.4 Å². The standard InChI is InChI=1S/C22H17N5O2S/c23-22(30)27-21(28)20(19(26-27)15-7-3-1-4-8-15)25-24-16-11-13-18(14-12-16)29-17-9-5-2-6-10-17/h1-14,26H,(H2,23,30). The van der Waals surface area contributed by atoms with Gasteiger partial charge in [-0.1, -0.05) is 48.5 Å². The fourth-order valence-corrected chi connectivity index (χ4v) is 2.92. The molecule has 0 aliphatic carbocycles. The average molecular weight is 415 g/mol. The third-order valence-electron chi connectivity index (χ3n) is 4.23. The zero-order valence-corrected chi connectivity index (χ0v) is 16.5. The Morgan fingerprint density at radius 3 is 2.10 bits per heavy atom. The van der Waals surface area contributed by atoms with Crippen LogP contribution in [0, 0.1) is 0 Å². The molecule has 0 saturated carbocycles. The minimum absolute atomic E-state index is 0.0963. The lowest BCUT2D eigenvalue weighted by Gasteiger charge is -2.04. The van der Waals surface area contributed by atoms with Crippen molar-refractivity contribution >= 4 is 28.7 Å². The normalized spacial score (nSPS) is 10.9. The number of azo groups is 1. The van der Waals surface area contributed by atoms with Gasteiger partial charge in [-0.15, -0.1) is 5.11 Å². The molecule has 4 aromatic rings. The van der Waals surface area contributed by atoms with Gasteiger partial charge >= 0.3 is 5.56 Å². The lowest BCUT2D eigenvalue weighted by Crippen LogP contribution is -2.29. The molecule has 0 atom stereocenters. The van der Waals surface area contributed by atoms with Gasteiger partial charge < -0.3 is 10.5 Å². The van der Waals surface area contributed by atoms with E-state index in [0.29, 0.717) is 17.1 Å². The summed E-state index contributed by atoms with van der Waals surface area (Å²) in [6, 6.07) is 25.8. The van der Waals surface area contributed by atoms with Crippen LogP contribution in [0.5, 0.6) is 11.5 Å². The van der Waals surface area contributed by atoms with Crippen molar-refractivity contribution in [3.8, 4) is 22.8 Å². The van der Waals surface area contributed by atoms with E-state index in [1.54, 1.807) is 24.3 Å². The maximum atomic E-state index is 12.7. The SMILES string of the molecule is NC(=S)n1[nH]c(-c2ccccc2)c(N=Nc2ccc(Oc3ccccc3)cc2)c1=O. The van der Waals surface area contributed by atoms with Crippen molar-refractivity contribution in [1.82, 2.24) is 9.78 Å². The summed E-state index contributed by atoms with van der Waals surface area (Å²) in [5.41, 5.74) is 7.12. The molecule has 7 nitrogen and oxygen atoms in total. The first kappa shape index (κ1) is 19.3. The van der Waals surface area contributed by atoms with Gasteiger partial charge in [0.1, 0.15) is 11.5 Å². The molecular formula is C22H17N5O2S. The van der Waals surface area contributed by atoms with Crippen molar-refractivity contribution in [1.29, 1.82) is 0 Å². The number of hydrogen-bond donors (Lipinski definition) is 2. The summed E-state index contributed by atoms with van der Waals surface area (Å²) in [6.07, 6.45) is 0. The largest absolute Gasteiger partial charge is 0.457 e. The Labute approximate surface area is 177 Å². The second-order valence-electron chi connectivity index (χ2n) is 6.29. The minimum atomic E-state index is -0.464. The quantitative estimate of drug-likeness (QED) is 0.348. The molecule has 0 saturated heterocycles. The highest BCUT2D eigenvalue weighted by Crippen LogP contribution is 2.28. The number of ether oxygens (including phenoxy) is 1. The summed E-state index contributed by atoms with van der Waals surface area (Å²) in [4.78, 5) is 12.7. The lowest BCUT2D eigenvalue weighted by atomic mass is 10.1. The van der Waals surface area contributed by atoms with Crippen LogP contribution < -0.4 is 16.0 Å². The van der Waals surface area contributed by atoms with Gasteiger partial charge in [-0.2, -0.15) is 9.80 Å². The van der Waals surface area contributed by atoms with Gasteiger partial charge in [0, 0.05) is 5.56 Å². The highest BCUT2D eigenvalue weighted by atomic mass is 32.1. The topological polar surface area (TPSA) is 97.8 Å². The molecule has 1 heterocycles. The van der Waals surface area contributed by atoms with Crippen LogP contribution >= 0.6 is 12.2 Å². The van der Waals surface area contributed by atoms with Crippen LogP contribution in [0.3, 0.4) is 0 Å². The monoisotopic (exact) mass is 415 g/mol. The molecule has 3 N–H and O–H groups in total. The molecule has 0 aliphatic rings. The van der Waals surface area contributed by atoms with Crippen molar-refractivity contribution in [2.45, 2.75) is 0 Å². The molecule has 0 unspecified atom stereocenters. The molecule has 0 bridgehead atoms. The van der Waals surface area contributed by atoms with Gasteiger partial charge in [0.05, 0.1) is 11.4 Å². The molecule has 30 heavy (non-hydrogen) atoms. The zero-order valence-electron chi connectivity index (χ0n) is 15.7. The lowest BCUT2D eigenvalue weighted by molar-refractivity contribution is 0.483. The smallest absolute Gasteiger partial charge is 0.301 e. The average Bonchev–Trinajstić information content (AvgIpc) is 3.11. The number of aromatic amines is 1. The number of para-hydroxylation sites is 1. The molecule has 0 aliphatic heterocycles. The van der Waals surface area contributed by atoms with Gasteiger partial charge in [0.25, 0.3) is 0 Å². The maximum absolute atomic E-state index is 12.7. The van der Waals surface area contributed by atoms with Crippen LogP contribution in [0.1, 0.15) is 0 Å². The molecule has 0 amide bonds. The predicted octanol–water partition coefficient (Wildman–Crippen LogP) is 5.14. The molecule has 4 rings (SSSR count). The zero-order chi connectivity index (χ0) is 20.9.